The quantitative estimate of drug-likeness (QED) is 0.316. The van der Waals surface area contributed by atoms with Gasteiger partial charge in [-0.2, -0.15) is 5.10 Å². The molecule has 164 valence electrons. The van der Waals surface area contributed by atoms with E-state index in [9.17, 15) is 14.4 Å². The molecule has 9 heteroatoms. The van der Waals surface area contributed by atoms with E-state index < -0.39 is 11.9 Å². The molecule has 0 aromatic heterocycles. The Morgan fingerprint density at radius 2 is 1.77 bits per heavy atom. The van der Waals surface area contributed by atoms with Gasteiger partial charge >= 0.3 is 5.97 Å². The van der Waals surface area contributed by atoms with Crippen LogP contribution in [0.25, 0.3) is 0 Å². The van der Waals surface area contributed by atoms with Gasteiger partial charge in [-0.25, -0.2) is 10.2 Å². The van der Waals surface area contributed by atoms with Crippen molar-refractivity contribution in [2.75, 3.05) is 18.5 Å². The van der Waals surface area contributed by atoms with Gasteiger partial charge in [0.2, 0.25) is 5.91 Å². The first-order valence-corrected chi connectivity index (χ1v) is 10.4. The molecular weight excluding hydrogens is 466 g/mol. The van der Waals surface area contributed by atoms with Crippen molar-refractivity contribution >= 4 is 45.1 Å². The standard InChI is InChI=1S/C22H24BrN3O5/c1-4-30-22(29)16-5-8-18(9-6-16)24-20(27)12-15(3)25-26-21(28)13-31-19-10-7-17(23)11-14(19)2/h5-11H,4,12-13H2,1-3H3,(H,24,27)(H,26,28)/b25-15+. The molecule has 0 atom stereocenters. The average Bonchev–Trinajstić information content (AvgIpc) is 2.72. The molecular formula is C22H24BrN3O5. The fourth-order valence-electron chi connectivity index (χ4n) is 2.49. The largest absolute Gasteiger partial charge is 0.483 e. The predicted octanol–water partition coefficient (Wildman–Crippen LogP) is 3.83. The van der Waals surface area contributed by atoms with Crippen LogP contribution in [0.5, 0.6) is 5.75 Å². The number of ether oxygens (including phenoxy) is 2. The van der Waals surface area contributed by atoms with E-state index in [2.05, 4.69) is 31.8 Å². The van der Waals surface area contributed by atoms with Crippen LogP contribution in [0, 0.1) is 6.92 Å². The number of aryl methyl sites for hydroxylation is 1. The highest BCUT2D eigenvalue weighted by molar-refractivity contribution is 9.10. The topological polar surface area (TPSA) is 106 Å². The van der Waals surface area contributed by atoms with Crippen LogP contribution in [-0.4, -0.2) is 36.7 Å². The van der Waals surface area contributed by atoms with Gasteiger partial charge in [-0.1, -0.05) is 15.9 Å². The van der Waals surface area contributed by atoms with Crippen molar-refractivity contribution in [3.8, 4) is 5.75 Å². The summed E-state index contributed by atoms with van der Waals surface area (Å²) in [5.41, 5.74) is 4.63. The van der Waals surface area contributed by atoms with Gasteiger partial charge in [0.1, 0.15) is 5.75 Å². The number of nitrogens with one attached hydrogen (secondary N) is 2. The second-order valence-electron chi connectivity index (χ2n) is 6.60. The SMILES string of the molecule is CCOC(=O)c1ccc(NC(=O)C/C(C)=N/NC(=O)COc2ccc(Br)cc2C)cc1. The van der Waals surface area contributed by atoms with Crippen molar-refractivity contribution < 1.29 is 23.9 Å². The van der Waals surface area contributed by atoms with Crippen LogP contribution in [-0.2, 0) is 14.3 Å². The number of benzene rings is 2. The number of hydrogen-bond acceptors (Lipinski definition) is 6. The van der Waals surface area contributed by atoms with Gasteiger partial charge in [-0.15, -0.1) is 0 Å². The van der Waals surface area contributed by atoms with Gasteiger partial charge in [0.05, 0.1) is 18.6 Å². The highest BCUT2D eigenvalue weighted by Gasteiger charge is 2.09. The Morgan fingerprint density at radius 1 is 1.06 bits per heavy atom. The van der Waals surface area contributed by atoms with Crippen molar-refractivity contribution in [3.05, 3.63) is 58.1 Å². The van der Waals surface area contributed by atoms with Gasteiger partial charge in [-0.3, -0.25) is 9.59 Å². The van der Waals surface area contributed by atoms with E-state index in [-0.39, 0.29) is 18.9 Å². The van der Waals surface area contributed by atoms with Crippen LogP contribution in [0.3, 0.4) is 0 Å². The number of anilines is 1. The third kappa shape index (κ3) is 8.21. The molecule has 0 heterocycles. The number of halogens is 1. The molecule has 2 N–H and O–H groups in total. The summed E-state index contributed by atoms with van der Waals surface area (Å²) in [5.74, 6) is -0.552. The minimum atomic E-state index is -0.434. The van der Waals surface area contributed by atoms with Crippen LogP contribution >= 0.6 is 15.9 Å². The lowest BCUT2D eigenvalue weighted by Gasteiger charge is -2.09. The second kappa shape index (κ2) is 11.8. The predicted molar refractivity (Wildman–Crippen MR) is 121 cm³/mol. The maximum absolute atomic E-state index is 12.1. The highest BCUT2D eigenvalue weighted by Crippen LogP contribution is 2.21. The molecule has 0 aliphatic carbocycles. The van der Waals surface area contributed by atoms with Gasteiger partial charge in [0, 0.05) is 15.9 Å². The van der Waals surface area contributed by atoms with Crippen molar-refractivity contribution in [1.82, 2.24) is 5.43 Å². The Bertz CT molecular complexity index is 974. The molecule has 0 radical (unpaired) electrons. The normalized spacial score (nSPS) is 10.9. The molecule has 8 nitrogen and oxygen atoms in total. The summed E-state index contributed by atoms with van der Waals surface area (Å²) >= 11 is 3.37. The summed E-state index contributed by atoms with van der Waals surface area (Å²) in [7, 11) is 0. The van der Waals surface area contributed by atoms with Gasteiger partial charge in [-0.05, 0) is 68.8 Å². The van der Waals surface area contributed by atoms with Crippen LogP contribution in [0.1, 0.15) is 36.2 Å². The van der Waals surface area contributed by atoms with Gasteiger partial charge < -0.3 is 14.8 Å². The highest BCUT2D eigenvalue weighted by atomic mass is 79.9. The first kappa shape index (κ1) is 24.1. The molecule has 2 rings (SSSR count). The van der Waals surface area contributed by atoms with Crippen molar-refractivity contribution in [2.24, 2.45) is 5.10 Å². The number of rotatable bonds is 9. The first-order chi connectivity index (χ1) is 14.8. The number of hydrogen-bond donors (Lipinski definition) is 2. The van der Waals surface area contributed by atoms with E-state index in [1.807, 2.05) is 19.1 Å². The maximum atomic E-state index is 12.1. The first-order valence-electron chi connectivity index (χ1n) is 9.56. The van der Waals surface area contributed by atoms with Crippen molar-refractivity contribution in [3.63, 3.8) is 0 Å². The van der Waals surface area contributed by atoms with Crippen LogP contribution in [0.15, 0.2) is 52.0 Å². The van der Waals surface area contributed by atoms with E-state index in [0.717, 1.165) is 10.0 Å². The van der Waals surface area contributed by atoms with E-state index in [4.69, 9.17) is 9.47 Å². The third-order valence-corrected chi connectivity index (χ3v) is 4.46. The summed E-state index contributed by atoms with van der Waals surface area (Å²) < 4.78 is 11.3. The number of carbonyl (C=O) groups is 3. The minimum absolute atomic E-state index is 0.00736. The Hall–Kier alpha value is -3.20. The monoisotopic (exact) mass is 489 g/mol. The van der Waals surface area contributed by atoms with Crippen LogP contribution in [0.4, 0.5) is 5.69 Å². The zero-order chi connectivity index (χ0) is 22.8. The molecule has 2 aromatic carbocycles. The molecule has 0 fully saturated rings. The molecule has 0 unspecified atom stereocenters. The number of esters is 1. The van der Waals surface area contributed by atoms with Gasteiger partial charge in [0.25, 0.3) is 5.91 Å². The molecule has 31 heavy (non-hydrogen) atoms. The molecule has 2 aromatic rings. The summed E-state index contributed by atoms with van der Waals surface area (Å²) in [6.07, 6.45) is -0.00736. The van der Waals surface area contributed by atoms with Crippen molar-refractivity contribution in [2.45, 2.75) is 27.2 Å². The van der Waals surface area contributed by atoms with E-state index in [1.165, 1.54) is 0 Å². The summed E-state index contributed by atoms with van der Waals surface area (Å²) in [6.45, 7) is 5.34. The Balaban J connectivity index is 1.78. The third-order valence-electron chi connectivity index (χ3n) is 3.96. The zero-order valence-electron chi connectivity index (χ0n) is 17.5. The van der Waals surface area contributed by atoms with E-state index in [0.29, 0.717) is 29.3 Å². The maximum Gasteiger partial charge on any atom is 0.338 e. The lowest BCUT2D eigenvalue weighted by atomic mass is 10.2. The fraction of sp³-hybridized carbons (Fsp3) is 0.273. The smallest absolute Gasteiger partial charge is 0.338 e. The fourth-order valence-corrected chi connectivity index (χ4v) is 2.96. The van der Waals surface area contributed by atoms with Gasteiger partial charge in [0.15, 0.2) is 6.61 Å². The molecule has 0 saturated heterocycles. The summed E-state index contributed by atoms with van der Waals surface area (Å²) in [4.78, 5) is 35.7. The second-order valence-corrected chi connectivity index (χ2v) is 7.52. The van der Waals surface area contributed by atoms with Crippen LogP contribution in [0.2, 0.25) is 0 Å². The molecule has 0 saturated carbocycles. The van der Waals surface area contributed by atoms with E-state index in [1.54, 1.807) is 44.2 Å². The Labute approximate surface area is 189 Å². The number of carbonyl (C=O) groups excluding carboxylic acids is 3. The van der Waals surface area contributed by atoms with E-state index >= 15 is 0 Å². The number of nitrogens with zero attached hydrogens (tertiary/aromatic N) is 1. The minimum Gasteiger partial charge on any atom is -0.483 e. The van der Waals surface area contributed by atoms with Crippen molar-refractivity contribution in [1.29, 1.82) is 0 Å². The number of amides is 2. The Morgan fingerprint density at radius 3 is 2.42 bits per heavy atom. The molecule has 0 aliphatic rings. The molecule has 0 spiro atoms. The molecule has 0 aliphatic heterocycles. The zero-order valence-corrected chi connectivity index (χ0v) is 19.1. The molecule has 2 amide bonds. The Kier molecular flexibility index (Phi) is 9.20. The average molecular weight is 490 g/mol. The summed E-state index contributed by atoms with van der Waals surface area (Å²) in [5, 5.41) is 6.62. The molecule has 0 bridgehead atoms. The lowest BCUT2D eigenvalue weighted by Crippen LogP contribution is -2.26. The van der Waals surface area contributed by atoms with Crippen LogP contribution < -0.4 is 15.5 Å². The summed E-state index contributed by atoms with van der Waals surface area (Å²) in [6, 6.07) is 11.8. The lowest BCUT2D eigenvalue weighted by molar-refractivity contribution is -0.123. The number of hydrazone groups is 1.